The minimum atomic E-state index is 0.857. The van der Waals surface area contributed by atoms with Gasteiger partial charge in [-0.1, -0.05) is 6.07 Å². The van der Waals surface area contributed by atoms with Crippen molar-refractivity contribution in [1.29, 1.82) is 0 Å². The van der Waals surface area contributed by atoms with Gasteiger partial charge in [-0.2, -0.15) is 0 Å². The largest absolute Gasteiger partial charge is 0.370 e. The summed E-state index contributed by atoms with van der Waals surface area (Å²) in [5, 5.41) is 3.30. The highest BCUT2D eigenvalue weighted by molar-refractivity contribution is 5.79. The Morgan fingerprint density at radius 2 is 1.89 bits per heavy atom. The van der Waals surface area contributed by atoms with Gasteiger partial charge in [-0.15, -0.1) is 0 Å². The molecule has 1 aromatic rings. The number of unbranched alkanes of at least 4 members (excludes halogenated alkanes) is 1. The average Bonchev–Trinajstić information content (AvgIpc) is 2.38. The molecule has 1 N–H and O–H groups in total. The van der Waals surface area contributed by atoms with Crippen molar-refractivity contribution in [2.75, 3.05) is 46.6 Å². The molecule has 0 saturated heterocycles. The summed E-state index contributed by atoms with van der Waals surface area (Å²) in [6.07, 6.45) is 3.96. The molecule has 0 aliphatic carbocycles. The number of anilines is 1. The summed E-state index contributed by atoms with van der Waals surface area (Å²) in [4.78, 5) is 12.9. The van der Waals surface area contributed by atoms with Crippen LogP contribution in [0, 0.1) is 0 Å². The molecule has 0 atom stereocenters. The summed E-state index contributed by atoms with van der Waals surface area (Å²) in [6.45, 7) is 1.79. The molecule has 0 radical (unpaired) electrons. The summed E-state index contributed by atoms with van der Waals surface area (Å²) in [6, 6.07) is 5.89. The molecular formula is C14H25N5. The number of hydrogen-bond donors (Lipinski definition) is 1. The van der Waals surface area contributed by atoms with E-state index in [4.69, 9.17) is 0 Å². The van der Waals surface area contributed by atoms with Crippen molar-refractivity contribution in [3.63, 3.8) is 0 Å². The van der Waals surface area contributed by atoms with Crippen LogP contribution in [0.3, 0.4) is 0 Å². The normalized spacial score (nSPS) is 9.89. The van der Waals surface area contributed by atoms with Crippen molar-refractivity contribution in [1.82, 2.24) is 14.8 Å². The number of pyridine rings is 1. The lowest BCUT2D eigenvalue weighted by molar-refractivity contribution is 0.478. The maximum atomic E-state index is 4.59. The summed E-state index contributed by atoms with van der Waals surface area (Å²) in [7, 11) is 8.06. The predicted octanol–water partition coefficient (Wildman–Crippen LogP) is 1.75. The van der Waals surface area contributed by atoms with Gasteiger partial charge in [-0.25, -0.2) is 4.98 Å². The Bertz CT molecular complexity index is 363. The zero-order chi connectivity index (χ0) is 14.1. The van der Waals surface area contributed by atoms with Crippen LogP contribution in [0.4, 0.5) is 5.82 Å². The Morgan fingerprint density at radius 3 is 2.47 bits per heavy atom. The maximum Gasteiger partial charge on any atom is 0.195 e. The van der Waals surface area contributed by atoms with Crippen LogP contribution >= 0.6 is 0 Å². The molecule has 0 bridgehead atoms. The van der Waals surface area contributed by atoms with Crippen LogP contribution in [0.25, 0.3) is 0 Å². The third-order valence-electron chi connectivity index (χ3n) is 2.61. The molecule has 0 amide bonds. The van der Waals surface area contributed by atoms with E-state index in [0.717, 1.165) is 37.7 Å². The standard InChI is InChI=1S/C14H25N5/c1-18(2)14(19(3)4)17-12-8-7-11-16-13-9-5-6-10-15-13/h5-6,9-10H,7-8,11-12H2,1-4H3,(H,15,16). The lowest BCUT2D eigenvalue weighted by Gasteiger charge is -2.22. The van der Waals surface area contributed by atoms with E-state index >= 15 is 0 Å². The van der Waals surface area contributed by atoms with Crippen molar-refractivity contribution >= 4 is 11.8 Å². The first kappa shape index (κ1) is 15.3. The maximum absolute atomic E-state index is 4.59. The average molecular weight is 263 g/mol. The third kappa shape index (κ3) is 6.08. The summed E-state index contributed by atoms with van der Waals surface area (Å²) in [5.74, 6) is 1.95. The van der Waals surface area contributed by atoms with E-state index in [2.05, 4.69) is 15.3 Å². The van der Waals surface area contributed by atoms with Gasteiger partial charge in [0.15, 0.2) is 5.96 Å². The number of hydrogen-bond acceptors (Lipinski definition) is 3. The molecule has 1 rings (SSSR count). The SMILES string of the molecule is CN(C)C(=NCCCCNc1ccccn1)N(C)C. The highest BCUT2D eigenvalue weighted by Crippen LogP contribution is 2.00. The second-order valence-corrected chi connectivity index (χ2v) is 4.82. The highest BCUT2D eigenvalue weighted by atomic mass is 15.3. The number of guanidine groups is 1. The third-order valence-corrected chi connectivity index (χ3v) is 2.61. The van der Waals surface area contributed by atoms with Crippen molar-refractivity contribution in [3.8, 4) is 0 Å². The molecule has 0 fully saturated rings. The zero-order valence-corrected chi connectivity index (χ0v) is 12.4. The molecule has 5 heteroatoms. The minimum absolute atomic E-state index is 0.857. The number of aromatic nitrogens is 1. The topological polar surface area (TPSA) is 43.8 Å². The molecule has 0 unspecified atom stereocenters. The Hall–Kier alpha value is -1.78. The van der Waals surface area contributed by atoms with Crippen LogP contribution < -0.4 is 5.32 Å². The molecule has 0 saturated carbocycles. The Labute approximate surface area is 116 Å². The van der Waals surface area contributed by atoms with E-state index in [1.54, 1.807) is 6.20 Å². The van der Waals surface area contributed by atoms with Gasteiger partial charge in [-0.05, 0) is 25.0 Å². The van der Waals surface area contributed by atoms with E-state index in [1.807, 2.05) is 56.2 Å². The highest BCUT2D eigenvalue weighted by Gasteiger charge is 2.02. The molecular weight excluding hydrogens is 238 g/mol. The monoisotopic (exact) mass is 263 g/mol. The first-order valence-electron chi connectivity index (χ1n) is 6.65. The number of rotatable bonds is 6. The quantitative estimate of drug-likeness (QED) is 0.482. The first-order valence-corrected chi connectivity index (χ1v) is 6.65. The van der Waals surface area contributed by atoms with Gasteiger partial charge in [0.2, 0.25) is 0 Å². The van der Waals surface area contributed by atoms with Gasteiger partial charge in [0.25, 0.3) is 0 Å². The van der Waals surface area contributed by atoms with Gasteiger partial charge < -0.3 is 15.1 Å². The smallest absolute Gasteiger partial charge is 0.195 e. The van der Waals surface area contributed by atoms with Crippen molar-refractivity contribution < 1.29 is 0 Å². The van der Waals surface area contributed by atoms with Gasteiger partial charge in [-0.3, -0.25) is 4.99 Å². The molecule has 5 nitrogen and oxygen atoms in total. The fourth-order valence-electron chi connectivity index (χ4n) is 1.78. The molecule has 0 aromatic carbocycles. The van der Waals surface area contributed by atoms with Crippen LogP contribution in [-0.2, 0) is 0 Å². The second-order valence-electron chi connectivity index (χ2n) is 4.82. The molecule has 0 aliphatic heterocycles. The lowest BCUT2D eigenvalue weighted by atomic mass is 10.3. The molecule has 1 heterocycles. The predicted molar refractivity (Wildman–Crippen MR) is 81.6 cm³/mol. The van der Waals surface area contributed by atoms with E-state index in [9.17, 15) is 0 Å². The summed E-state index contributed by atoms with van der Waals surface area (Å²) < 4.78 is 0. The molecule has 19 heavy (non-hydrogen) atoms. The van der Waals surface area contributed by atoms with Crippen LogP contribution in [0.2, 0.25) is 0 Å². The Balaban J connectivity index is 2.19. The van der Waals surface area contributed by atoms with Gasteiger partial charge in [0, 0.05) is 47.5 Å². The van der Waals surface area contributed by atoms with Crippen LogP contribution in [0.1, 0.15) is 12.8 Å². The van der Waals surface area contributed by atoms with Crippen molar-refractivity contribution in [2.45, 2.75) is 12.8 Å². The second kappa shape index (κ2) is 8.34. The minimum Gasteiger partial charge on any atom is -0.370 e. The Morgan fingerprint density at radius 1 is 1.16 bits per heavy atom. The summed E-state index contributed by atoms with van der Waals surface area (Å²) >= 11 is 0. The fraction of sp³-hybridized carbons (Fsp3) is 0.571. The number of nitrogens with one attached hydrogen (secondary N) is 1. The van der Waals surface area contributed by atoms with E-state index in [0.29, 0.717) is 0 Å². The fourth-order valence-corrected chi connectivity index (χ4v) is 1.78. The lowest BCUT2D eigenvalue weighted by Crippen LogP contribution is -2.35. The molecule has 0 spiro atoms. The van der Waals surface area contributed by atoms with Crippen LogP contribution in [0.15, 0.2) is 29.4 Å². The van der Waals surface area contributed by atoms with Crippen molar-refractivity contribution in [3.05, 3.63) is 24.4 Å². The van der Waals surface area contributed by atoms with Crippen LogP contribution in [-0.4, -0.2) is 62.0 Å². The summed E-state index contributed by atoms with van der Waals surface area (Å²) in [5.41, 5.74) is 0. The van der Waals surface area contributed by atoms with Gasteiger partial charge in [0.1, 0.15) is 5.82 Å². The number of aliphatic imine (C=N–C) groups is 1. The van der Waals surface area contributed by atoms with Gasteiger partial charge in [0.05, 0.1) is 0 Å². The van der Waals surface area contributed by atoms with E-state index in [1.165, 1.54) is 0 Å². The molecule has 1 aromatic heterocycles. The molecule has 106 valence electrons. The number of nitrogens with zero attached hydrogens (tertiary/aromatic N) is 4. The van der Waals surface area contributed by atoms with E-state index < -0.39 is 0 Å². The van der Waals surface area contributed by atoms with Crippen LogP contribution in [0.5, 0.6) is 0 Å². The zero-order valence-electron chi connectivity index (χ0n) is 12.4. The van der Waals surface area contributed by atoms with Gasteiger partial charge >= 0.3 is 0 Å². The Kier molecular flexibility index (Phi) is 6.71. The first-order chi connectivity index (χ1) is 9.11. The molecule has 0 aliphatic rings. The van der Waals surface area contributed by atoms with E-state index in [-0.39, 0.29) is 0 Å². The van der Waals surface area contributed by atoms with Crippen molar-refractivity contribution in [2.24, 2.45) is 4.99 Å².